The molecular formula is C24H27N7O3. The maximum atomic E-state index is 12.4. The van der Waals surface area contributed by atoms with E-state index in [2.05, 4.69) is 30.9 Å². The average molecular weight is 462 g/mol. The van der Waals surface area contributed by atoms with Gasteiger partial charge >= 0.3 is 0 Å². The van der Waals surface area contributed by atoms with E-state index < -0.39 is 0 Å². The van der Waals surface area contributed by atoms with Crippen LogP contribution in [0.2, 0.25) is 0 Å². The summed E-state index contributed by atoms with van der Waals surface area (Å²) in [5.41, 5.74) is 3.03. The van der Waals surface area contributed by atoms with E-state index in [1.54, 1.807) is 13.3 Å². The molecule has 0 spiro atoms. The summed E-state index contributed by atoms with van der Waals surface area (Å²) >= 11 is 0. The lowest BCUT2D eigenvalue weighted by Crippen LogP contribution is -2.19. The van der Waals surface area contributed by atoms with Crippen LogP contribution in [0.3, 0.4) is 0 Å². The highest BCUT2D eigenvalue weighted by molar-refractivity contribution is 5.97. The van der Waals surface area contributed by atoms with E-state index in [9.17, 15) is 4.79 Å². The van der Waals surface area contributed by atoms with Crippen LogP contribution in [0.15, 0.2) is 48.9 Å². The van der Waals surface area contributed by atoms with E-state index in [0.717, 1.165) is 16.8 Å². The first-order valence-electron chi connectivity index (χ1n) is 11.0. The number of anilines is 3. The van der Waals surface area contributed by atoms with Gasteiger partial charge in [0.2, 0.25) is 5.91 Å². The van der Waals surface area contributed by atoms with Gasteiger partial charge in [0.25, 0.3) is 0 Å². The molecule has 0 bridgehead atoms. The Morgan fingerprint density at radius 1 is 1.12 bits per heavy atom. The van der Waals surface area contributed by atoms with Gasteiger partial charge in [-0.15, -0.1) is 5.10 Å². The quantitative estimate of drug-likeness (QED) is 0.382. The number of nitrogens with one attached hydrogen (secondary N) is 2. The Bertz CT molecular complexity index is 1290. The maximum absolute atomic E-state index is 12.4. The number of methoxy groups -OCH3 is 1. The molecule has 4 rings (SSSR count). The number of carbonyl (C=O) groups excluding carboxylic acids is 1. The molecule has 0 saturated heterocycles. The van der Waals surface area contributed by atoms with Crippen LogP contribution in [-0.4, -0.2) is 44.6 Å². The van der Waals surface area contributed by atoms with Crippen molar-refractivity contribution >= 4 is 34.0 Å². The molecule has 0 unspecified atom stereocenters. The van der Waals surface area contributed by atoms with Crippen LogP contribution in [0.5, 0.6) is 11.5 Å². The Hall–Kier alpha value is -4.21. The highest BCUT2D eigenvalue weighted by atomic mass is 16.5. The standard InChI is InChI=1S/C24H27N7O3/c1-5-34-18-10-19-23(21(11-18)33-4)24(26-14-25-19)28-17-8-6-16(7-9-17)27-22(32)13-31-12-20(15(2)3)29-30-31/h6-12,14-15H,5,13H2,1-4H3,(H,27,32)(H,25,26,28). The zero-order valence-electron chi connectivity index (χ0n) is 19.6. The Morgan fingerprint density at radius 3 is 2.56 bits per heavy atom. The molecule has 2 heterocycles. The monoisotopic (exact) mass is 461 g/mol. The predicted octanol–water partition coefficient (Wildman–Crippen LogP) is 4.13. The van der Waals surface area contributed by atoms with E-state index in [1.807, 2.05) is 57.2 Å². The van der Waals surface area contributed by atoms with Crippen LogP contribution in [0.4, 0.5) is 17.2 Å². The number of carbonyl (C=O) groups is 1. The Labute approximate surface area is 197 Å². The Kier molecular flexibility index (Phi) is 6.86. The Morgan fingerprint density at radius 2 is 1.88 bits per heavy atom. The van der Waals surface area contributed by atoms with Crippen molar-refractivity contribution in [2.75, 3.05) is 24.4 Å². The number of amides is 1. The van der Waals surface area contributed by atoms with Crippen molar-refractivity contribution in [1.82, 2.24) is 25.0 Å². The lowest BCUT2D eigenvalue weighted by molar-refractivity contribution is -0.116. The molecule has 10 nitrogen and oxygen atoms in total. The number of ether oxygens (including phenoxy) is 2. The van der Waals surface area contributed by atoms with E-state index >= 15 is 0 Å². The maximum Gasteiger partial charge on any atom is 0.246 e. The highest BCUT2D eigenvalue weighted by Gasteiger charge is 2.13. The van der Waals surface area contributed by atoms with Crippen LogP contribution < -0.4 is 20.1 Å². The van der Waals surface area contributed by atoms with Gasteiger partial charge < -0.3 is 20.1 Å². The number of hydrogen-bond acceptors (Lipinski definition) is 8. The molecule has 10 heteroatoms. The minimum atomic E-state index is -0.183. The van der Waals surface area contributed by atoms with Crippen molar-refractivity contribution in [1.29, 1.82) is 0 Å². The molecule has 1 amide bonds. The van der Waals surface area contributed by atoms with Crippen LogP contribution in [-0.2, 0) is 11.3 Å². The fourth-order valence-electron chi connectivity index (χ4n) is 3.41. The van der Waals surface area contributed by atoms with Gasteiger partial charge in [-0.3, -0.25) is 4.79 Å². The van der Waals surface area contributed by atoms with Crippen LogP contribution >= 0.6 is 0 Å². The number of nitrogens with zero attached hydrogens (tertiary/aromatic N) is 5. The summed E-state index contributed by atoms with van der Waals surface area (Å²) in [6.07, 6.45) is 3.28. The summed E-state index contributed by atoms with van der Waals surface area (Å²) in [7, 11) is 1.60. The summed E-state index contributed by atoms with van der Waals surface area (Å²) < 4.78 is 12.7. The van der Waals surface area contributed by atoms with Gasteiger partial charge in [0.1, 0.15) is 30.2 Å². The molecule has 34 heavy (non-hydrogen) atoms. The lowest BCUT2D eigenvalue weighted by atomic mass is 10.2. The number of aromatic nitrogens is 5. The van der Waals surface area contributed by atoms with E-state index in [0.29, 0.717) is 35.1 Å². The Balaban J connectivity index is 1.46. The second-order valence-electron chi connectivity index (χ2n) is 7.92. The minimum Gasteiger partial charge on any atom is -0.496 e. The van der Waals surface area contributed by atoms with Gasteiger partial charge in [-0.1, -0.05) is 19.1 Å². The largest absolute Gasteiger partial charge is 0.496 e. The van der Waals surface area contributed by atoms with Crippen molar-refractivity contribution < 1.29 is 14.3 Å². The van der Waals surface area contributed by atoms with E-state index in [-0.39, 0.29) is 18.4 Å². The second-order valence-corrected chi connectivity index (χ2v) is 7.92. The molecule has 0 aliphatic rings. The van der Waals surface area contributed by atoms with Crippen molar-refractivity contribution in [2.24, 2.45) is 0 Å². The second kappa shape index (κ2) is 10.2. The van der Waals surface area contributed by atoms with Gasteiger partial charge in [0.05, 0.1) is 30.3 Å². The first-order valence-corrected chi connectivity index (χ1v) is 11.0. The van der Waals surface area contributed by atoms with Crippen LogP contribution in [0.25, 0.3) is 10.9 Å². The van der Waals surface area contributed by atoms with Gasteiger partial charge in [0.15, 0.2) is 0 Å². The molecule has 0 fully saturated rings. The third kappa shape index (κ3) is 5.22. The molecule has 0 aliphatic carbocycles. The number of hydrogen-bond donors (Lipinski definition) is 2. The molecule has 0 atom stereocenters. The number of rotatable bonds is 9. The molecule has 0 aliphatic heterocycles. The normalized spacial score (nSPS) is 11.0. The number of fused-ring (bicyclic) bond motifs is 1. The third-order valence-electron chi connectivity index (χ3n) is 5.09. The molecule has 2 aromatic carbocycles. The fraction of sp³-hybridized carbons (Fsp3) is 0.292. The first kappa shape index (κ1) is 23.0. The molecule has 4 aromatic rings. The van der Waals surface area contributed by atoms with Crippen molar-refractivity contribution in [3.05, 3.63) is 54.6 Å². The predicted molar refractivity (Wildman–Crippen MR) is 130 cm³/mol. The molecule has 176 valence electrons. The van der Waals surface area contributed by atoms with Crippen molar-refractivity contribution in [2.45, 2.75) is 33.2 Å². The number of benzene rings is 2. The fourth-order valence-corrected chi connectivity index (χ4v) is 3.41. The summed E-state index contributed by atoms with van der Waals surface area (Å²) in [5, 5.41) is 15.0. The lowest BCUT2D eigenvalue weighted by Gasteiger charge is -2.13. The topological polar surface area (TPSA) is 116 Å². The minimum absolute atomic E-state index is 0.0934. The summed E-state index contributed by atoms with van der Waals surface area (Å²) in [4.78, 5) is 21.1. The molecule has 2 aromatic heterocycles. The molecule has 2 N–H and O–H groups in total. The smallest absolute Gasteiger partial charge is 0.246 e. The highest BCUT2D eigenvalue weighted by Crippen LogP contribution is 2.35. The zero-order valence-corrected chi connectivity index (χ0v) is 19.6. The van der Waals surface area contributed by atoms with Gasteiger partial charge in [0, 0.05) is 29.7 Å². The van der Waals surface area contributed by atoms with Crippen LogP contribution in [0, 0.1) is 0 Å². The van der Waals surface area contributed by atoms with E-state index in [4.69, 9.17) is 9.47 Å². The SMILES string of the molecule is CCOc1cc(OC)c2c(Nc3ccc(NC(=O)Cn4cc(C(C)C)nn4)cc3)ncnc2c1. The van der Waals surface area contributed by atoms with Gasteiger partial charge in [-0.2, -0.15) is 0 Å². The van der Waals surface area contributed by atoms with Gasteiger partial charge in [-0.25, -0.2) is 14.6 Å². The zero-order chi connectivity index (χ0) is 24.1. The third-order valence-corrected chi connectivity index (χ3v) is 5.09. The molecular weight excluding hydrogens is 434 g/mol. The average Bonchev–Trinajstić information content (AvgIpc) is 3.29. The summed E-state index contributed by atoms with van der Waals surface area (Å²) in [6.45, 7) is 6.62. The van der Waals surface area contributed by atoms with Crippen LogP contribution in [0.1, 0.15) is 32.4 Å². The summed E-state index contributed by atoms with van der Waals surface area (Å²) in [5.74, 6) is 1.98. The van der Waals surface area contributed by atoms with Crippen molar-refractivity contribution in [3.63, 3.8) is 0 Å². The van der Waals surface area contributed by atoms with E-state index in [1.165, 1.54) is 11.0 Å². The van der Waals surface area contributed by atoms with Crippen molar-refractivity contribution in [3.8, 4) is 11.5 Å². The molecule has 0 saturated carbocycles. The first-order chi connectivity index (χ1) is 16.5. The summed E-state index contributed by atoms with van der Waals surface area (Å²) in [6, 6.07) is 11.0. The molecule has 0 radical (unpaired) electrons. The van der Waals surface area contributed by atoms with Gasteiger partial charge in [-0.05, 0) is 37.1 Å².